The van der Waals surface area contributed by atoms with Gasteiger partial charge in [0.05, 0.1) is 11.3 Å². The molecule has 2 aromatic rings. The monoisotopic (exact) mass is 363 g/mol. The Kier molecular flexibility index (Phi) is 4.52. The van der Waals surface area contributed by atoms with E-state index in [0.717, 1.165) is 50.1 Å². The molecule has 0 radical (unpaired) electrons. The summed E-state index contributed by atoms with van der Waals surface area (Å²) in [6.07, 6.45) is 0.753. The summed E-state index contributed by atoms with van der Waals surface area (Å²) < 4.78 is 37.8. The van der Waals surface area contributed by atoms with Crippen molar-refractivity contribution < 1.29 is 13.2 Å². The summed E-state index contributed by atoms with van der Waals surface area (Å²) in [7, 11) is 0. The lowest BCUT2D eigenvalue weighted by Crippen LogP contribution is -2.46. The third kappa shape index (κ3) is 3.95. The maximum atomic E-state index is 12.6. The summed E-state index contributed by atoms with van der Waals surface area (Å²) in [4.78, 5) is 17.4. The molecule has 0 atom stereocenters. The lowest BCUT2D eigenvalue weighted by Gasteiger charge is -2.35. The number of anilines is 1. The third-order valence-corrected chi connectivity index (χ3v) is 4.84. The van der Waals surface area contributed by atoms with Crippen molar-refractivity contribution in [2.45, 2.75) is 31.5 Å². The van der Waals surface area contributed by atoms with Gasteiger partial charge in [0.2, 0.25) is 0 Å². The molecule has 1 saturated heterocycles. The second-order valence-electron chi connectivity index (χ2n) is 6.85. The Morgan fingerprint density at radius 2 is 1.77 bits per heavy atom. The summed E-state index contributed by atoms with van der Waals surface area (Å²) in [5.41, 5.74) is -0.0502. The molecule has 0 amide bonds. The molecule has 2 fully saturated rings. The molecule has 138 valence electrons. The smallest absolute Gasteiger partial charge is 0.354 e. The van der Waals surface area contributed by atoms with Gasteiger partial charge >= 0.3 is 6.18 Å². The molecule has 1 aliphatic heterocycles. The molecule has 3 heterocycles. The quantitative estimate of drug-likeness (QED) is 0.835. The van der Waals surface area contributed by atoms with Crippen molar-refractivity contribution in [1.82, 2.24) is 19.9 Å². The molecule has 2 aliphatic rings. The highest BCUT2D eigenvalue weighted by atomic mass is 19.4. The molecule has 0 aromatic carbocycles. The number of halogens is 3. The topological polar surface area (TPSA) is 45.2 Å². The number of nitrogens with zero attached hydrogens (tertiary/aromatic N) is 5. The maximum absolute atomic E-state index is 12.6. The van der Waals surface area contributed by atoms with Crippen molar-refractivity contribution in [2.75, 3.05) is 31.1 Å². The van der Waals surface area contributed by atoms with Crippen LogP contribution in [-0.4, -0.2) is 46.0 Å². The molecular formula is C18H20F3N5. The molecule has 26 heavy (non-hydrogen) atoms. The zero-order chi connectivity index (χ0) is 18.1. The summed E-state index contributed by atoms with van der Waals surface area (Å²) >= 11 is 0. The van der Waals surface area contributed by atoms with Crippen LogP contribution in [0.25, 0.3) is 0 Å². The van der Waals surface area contributed by atoms with Gasteiger partial charge in [-0.1, -0.05) is 0 Å². The van der Waals surface area contributed by atoms with Gasteiger partial charge in [0.25, 0.3) is 0 Å². The molecule has 8 heteroatoms. The van der Waals surface area contributed by atoms with Crippen LogP contribution in [0.3, 0.4) is 0 Å². The molecule has 1 aliphatic carbocycles. The van der Waals surface area contributed by atoms with Gasteiger partial charge in [-0.2, -0.15) is 13.2 Å². The minimum atomic E-state index is -4.34. The van der Waals surface area contributed by atoms with Gasteiger partial charge < -0.3 is 4.90 Å². The number of aromatic nitrogens is 3. The zero-order valence-electron chi connectivity index (χ0n) is 14.3. The van der Waals surface area contributed by atoms with E-state index in [1.54, 1.807) is 0 Å². The van der Waals surface area contributed by atoms with Gasteiger partial charge in [-0.05, 0) is 31.0 Å². The number of hydrogen-bond acceptors (Lipinski definition) is 5. The molecule has 5 nitrogen and oxygen atoms in total. The van der Waals surface area contributed by atoms with Crippen molar-refractivity contribution in [3.63, 3.8) is 0 Å². The van der Waals surface area contributed by atoms with Crippen LogP contribution in [-0.2, 0) is 12.7 Å². The minimum absolute atomic E-state index is 0.530. The highest BCUT2D eigenvalue weighted by molar-refractivity contribution is 5.38. The number of pyridine rings is 1. The van der Waals surface area contributed by atoms with Crippen LogP contribution >= 0.6 is 0 Å². The Labute approximate surface area is 149 Å². The second kappa shape index (κ2) is 6.83. The summed E-state index contributed by atoms with van der Waals surface area (Å²) in [5, 5.41) is 0. The standard InChI is InChI=1S/C18H20F3N5/c19-18(20,21)14-3-4-15(23-11-14)12-25-7-9-26(10-8-25)16-5-6-22-17(24-16)13-1-2-13/h3-6,11,13H,1-2,7-10,12H2. The van der Waals surface area contributed by atoms with Crippen LogP contribution in [0, 0.1) is 0 Å². The summed E-state index contributed by atoms with van der Waals surface area (Å²) in [6.45, 7) is 3.88. The fraction of sp³-hybridized carbons (Fsp3) is 0.500. The zero-order valence-corrected chi connectivity index (χ0v) is 14.3. The first kappa shape index (κ1) is 17.2. The largest absolute Gasteiger partial charge is 0.417 e. The lowest BCUT2D eigenvalue weighted by molar-refractivity contribution is -0.137. The Morgan fingerprint density at radius 1 is 1.00 bits per heavy atom. The van der Waals surface area contributed by atoms with E-state index in [4.69, 9.17) is 0 Å². The summed E-state index contributed by atoms with van der Waals surface area (Å²) in [5.74, 6) is 2.44. The number of rotatable bonds is 4. The predicted molar refractivity (Wildman–Crippen MR) is 90.7 cm³/mol. The SMILES string of the molecule is FC(F)(F)c1ccc(CN2CCN(c3ccnc(C4CC4)n3)CC2)nc1. The first-order valence-corrected chi connectivity index (χ1v) is 8.81. The van der Waals surface area contributed by atoms with Crippen molar-refractivity contribution in [3.8, 4) is 0 Å². The first-order chi connectivity index (χ1) is 12.5. The van der Waals surface area contributed by atoms with Gasteiger partial charge in [0.1, 0.15) is 11.6 Å². The average molecular weight is 363 g/mol. The molecule has 0 unspecified atom stereocenters. The molecule has 1 saturated carbocycles. The fourth-order valence-electron chi connectivity index (χ4n) is 3.13. The normalized spacial score (nSPS) is 19.0. The number of hydrogen-bond donors (Lipinski definition) is 0. The second-order valence-corrected chi connectivity index (χ2v) is 6.85. The van der Waals surface area contributed by atoms with Crippen molar-refractivity contribution >= 4 is 5.82 Å². The molecular weight excluding hydrogens is 343 g/mol. The molecule has 0 bridgehead atoms. The van der Waals surface area contributed by atoms with Crippen LogP contribution in [0.1, 0.15) is 35.8 Å². The highest BCUT2D eigenvalue weighted by Gasteiger charge is 2.31. The van der Waals surface area contributed by atoms with E-state index in [2.05, 4.69) is 24.8 Å². The van der Waals surface area contributed by atoms with E-state index >= 15 is 0 Å². The first-order valence-electron chi connectivity index (χ1n) is 8.81. The van der Waals surface area contributed by atoms with Crippen LogP contribution in [0.2, 0.25) is 0 Å². The Morgan fingerprint density at radius 3 is 2.38 bits per heavy atom. The van der Waals surface area contributed by atoms with Gasteiger partial charge in [-0.25, -0.2) is 9.97 Å². The van der Waals surface area contributed by atoms with E-state index in [9.17, 15) is 13.2 Å². The third-order valence-electron chi connectivity index (χ3n) is 4.84. The van der Waals surface area contributed by atoms with E-state index in [0.29, 0.717) is 18.2 Å². The van der Waals surface area contributed by atoms with E-state index in [-0.39, 0.29) is 0 Å². The van der Waals surface area contributed by atoms with Gasteiger partial charge in [-0.15, -0.1) is 0 Å². The van der Waals surface area contributed by atoms with Crippen LogP contribution < -0.4 is 4.90 Å². The highest BCUT2D eigenvalue weighted by Crippen LogP contribution is 2.38. The lowest BCUT2D eigenvalue weighted by atomic mass is 10.2. The van der Waals surface area contributed by atoms with Crippen molar-refractivity contribution in [2.24, 2.45) is 0 Å². The molecule has 2 aromatic heterocycles. The maximum Gasteiger partial charge on any atom is 0.417 e. The van der Waals surface area contributed by atoms with Crippen molar-refractivity contribution in [1.29, 1.82) is 0 Å². The Bertz CT molecular complexity index is 750. The van der Waals surface area contributed by atoms with E-state index < -0.39 is 11.7 Å². The summed E-state index contributed by atoms with van der Waals surface area (Å²) in [6, 6.07) is 4.50. The minimum Gasteiger partial charge on any atom is -0.354 e. The van der Waals surface area contributed by atoms with Gasteiger partial charge in [0, 0.05) is 51.0 Å². The Hall–Kier alpha value is -2.22. The van der Waals surface area contributed by atoms with Crippen molar-refractivity contribution in [3.05, 3.63) is 47.7 Å². The van der Waals surface area contributed by atoms with E-state index in [1.165, 1.54) is 18.9 Å². The number of piperazine rings is 1. The molecule has 4 rings (SSSR count). The van der Waals surface area contributed by atoms with Crippen LogP contribution in [0.5, 0.6) is 0 Å². The predicted octanol–water partition coefficient (Wildman–Crippen LogP) is 3.09. The molecule has 0 N–H and O–H groups in total. The van der Waals surface area contributed by atoms with Crippen LogP contribution in [0.15, 0.2) is 30.6 Å². The van der Waals surface area contributed by atoms with Crippen LogP contribution in [0.4, 0.5) is 19.0 Å². The van der Waals surface area contributed by atoms with Gasteiger partial charge in [-0.3, -0.25) is 9.88 Å². The molecule has 0 spiro atoms. The Balaban J connectivity index is 1.33. The van der Waals surface area contributed by atoms with E-state index in [1.807, 2.05) is 12.3 Å². The fourth-order valence-corrected chi connectivity index (χ4v) is 3.13. The number of alkyl halides is 3. The average Bonchev–Trinajstić information content (AvgIpc) is 3.47. The van der Waals surface area contributed by atoms with Gasteiger partial charge in [0.15, 0.2) is 0 Å².